The molecule has 0 spiro atoms. The summed E-state index contributed by atoms with van der Waals surface area (Å²) in [5.41, 5.74) is 5.68. The first-order valence-electron chi connectivity index (χ1n) is 9.61. The van der Waals surface area contributed by atoms with E-state index in [1.807, 2.05) is 36.4 Å². The maximum atomic E-state index is 13.0. The molecule has 0 unspecified atom stereocenters. The van der Waals surface area contributed by atoms with E-state index in [0.717, 1.165) is 10.9 Å². The van der Waals surface area contributed by atoms with Gasteiger partial charge in [0, 0.05) is 17.0 Å². The number of carbonyl (C=O) groups is 1. The Hall–Kier alpha value is -4.13. The van der Waals surface area contributed by atoms with Gasteiger partial charge >= 0.3 is 0 Å². The van der Waals surface area contributed by atoms with Gasteiger partial charge in [-0.25, -0.2) is 10.4 Å². The van der Waals surface area contributed by atoms with E-state index in [1.165, 1.54) is 0 Å². The number of nitrogens with one attached hydrogen (secondary N) is 1. The molecule has 7 nitrogen and oxygen atoms in total. The molecule has 7 heteroatoms. The zero-order valence-corrected chi connectivity index (χ0v) is 17.4. The van der Waals surface area contributed by atoms with Gasteiger partial charge in [0.25, 0.3) is 5.91 Å². The molecule has 2 aromatic heterocycles. The van der Waals surface area contributed by atoms with Crippen molar-refractivity contribution in [2.24, 2.45) is 5.10 Å². The van der Waals surface area contributed by atoms with Crippen LogP contribution in [0, 0.1) is 0 Å². The number of pyridine rings is 1. The molecular weight excluding hydrogens is 394 g/mol. The minimum Gasteiger partial charge on any atom is -0.497 e. The summed E-state index contributed by atoms with van der Waals surface area (Å²) >= 11 is 0. The number of para-hydroxylation sites is 1. The van der Waals surface area contributed by atoms with Crippen LogP contribution in [0.3, 0.4) is 0 Å². The van der Waals surface area contributed by atoms with Crippen molar-refractivity contribution in [3.8, 4) is 22.8 Å². The van der Waals surface area contributed by atoms with Gasteiger partial charge in [0.1, 0.15) is 23.0 Å². The third-order valence-corrected chi connectivity index (χ3v) is 4.85. The quantitative estimate of drug-likeness (QED) is 0.365. The van der Waals surface area contributed by atoms with E-state index in [4.69, 9.17) is 18.9 Å². The van der Waals surface area contributed by atoms with E-state index >= 15 is 0 Å². The number of furan rings is 1. The molecule has 1 amide bonds. The number of aromatic nitrogens is 1. The molecular formula is C24H21N3O4. The molecule has 0 saturated carbocycles. The van der Waals surface area contributed by atoms with Gasteiger partial charge in [-0.15, -0.1) is 0 Å². The number of carbonyl (C=O) groups excluding carboxylic acids is 1. The van der Waals surface area contributed by atoms with Crippen LogP contribution < -0.4 is 14.9 Å². The zero-order chi connectivity index (χ0) is 21.8. The summed E-state index contributed by atoms with van der Waals surface area (Å²) in [5.74, 6) is 1.50. The van der Waals surface area contributed by atoms with Crippen LogP contribution >= 0.6 is 0 Å². The van der Waals surface area contributed by atoms with Crippen molar-refractivity contribution in [1.29, 1.82) is 0 Å². The highest BCUT2D eigenvalue weighted by atomic mass is 16.5. The molecule has 0 aliphatic carbocycles. The number of ether oxygens (including phenoxy) is 2. The maximum absolute atomic E-state index is 13.0. The number of hydrazone groups is 1. The van der Waals surface area contributed by atoms with E-state index in [2.05, 4.69) is 10.5 Å². The van der Waals surface area contributed by atoms with Crippen LogP contribution in [-0.4, -0.2) is 30.8 Å². The molecule has 0 radical (unpaired) electrons. The van der Waals surface area contributed by atoms with E-state index in [0.29, 0.717) is 39.7 Å². The Balaban J connectivity index is 1.77. The monoisotopic (exact) mass is 415 g/mol. The van der Waals surface area contributed by atoms with Gasteiger partial charge in [0.2, 0.25) is 0 Å². The van der Waals surface area contributed by atoms with Crippen LogP contribution in [0.5, 0.6) is 11.5 Å². The number of hydrogen-bond acceptors (Lipinski definition) is 6. The van der Waals surface area contributed by atoms with Crippen LogP contribution in [0.2, 0.25) is 0 Å². The second kappa shape index (κ2) is 8.71. The molecule has 31 heavy (non-hydrogen) atoms. The number of nitrogens with zero attached hydrogens (tertiary/aromatic N) is 2. The highest BCUT2D eigenvalue weighted by molar-refractivity contribution is 6.08. The lowest BCUT2D eigenvalue weighted by molar-refractivity contribution is 0.0956. The summed E-state index contributed by atoms with van der Waals surface area (Å²) in [5, 5.41) is 4.89. The molecule has 0 bridgehead atoms. The summed E-state index contributed by atoms with van der Waals surface area (Å²) in [6.07, 6.45) is 1.56. The number of hydrogen-bond donors (Lipinski definition) is 1. The molecule has 1 N–H and O–H groups in total. The van der Waals surface area contributed by atoms with Crippen molar-refractivity contribution in [3.63, 3.8) is 0 Å². The summed E-state index contributed by atoms with van der Waals surface area (Å²) in [7, 11) is 3.18. The number of fused-ring (bicyclic) bond motifs is 1. The van der Waals surface area contributed by atoms with Crippen LogP contribution in [0.15, 0.2) is 76.4 Å². The van der Waals surface area contributed by atoms with Gasteiger partial charge in [-0.05, 0) is 43.3 Å². The standard InChI is InChI=1S/C24H21N3O4/c1-15(22-9-6-12-31-22)26-27-24(28)19-14-21(25-20-8-5-4-7-17(19)20)18-11-10-16(29-2)13-23(18)30-3/h4-14H,1-3H3,(H,27,28). The first-order valence-corrected chi connectivity index (χ1v) is 9.61. The van der Waals surface area contributed by atoms with E-state index in [1.54, 1.807) is 51.7 Å². The Bertz CT molecular complexity index is 1260. The minimum absolute atomic E-state index is 0.349. The van der Waals surface area contributed by atoms with Crippen molar-refractivity contribution < 1.29 is 18.7 Å². The molecule has 156 valence electrons. The molecule has 2 aromatic carbocycles. The topological polar surface area (TPSA) is 86.0 Å². The van der Waals surface area contributed by atoms with Gasteiger partial charge in [-0.3, -0.25) is 4.79 Å². The Morgan fingerprint density at radius 1 is 1.03 bits per heavy atom. The van der Waals surface area contributed by atoms with Crippen LogP contribution in [0.1, 0.15) is 23.0 Å². The van der Waals surface area contributed by atoms with Gasteiger partial charge in [0.05, 0.1) is 37.3 Å². The van der Waals surface area contributed by atoms with Crippen molar-refractivity contribution in [3.05, 3.63) is 78.3 Å². The summed E-state index contributed by atoms with van der Waals surface area (Å²) in [4.78, 5) is 17.8. The first kappa shape index (κ1) is 20.2. The van der Waals surface area contributed by atoms with Crippen molar-refractivity contribution in [1.82, 2.24) is 10.4 Å². The number of methoxy groups -OCH3 is 2. The smallest absolute Gasteiger partial charge is 0.272 e. The third-order valence-electron chi connectivity index (χ3n) is 4.85. The lowest BCUT2D eigenvalue weighted by atomic mass is 10.0. The van der Waals surface area contributed by atoms with E-state index < -0.39 is 0 Å². The van der Waals surface area contributed by atoms with Crippen LogP contribution in [0.4, 0.5) is 0 Å². The van der Waals surface area contributed by atoms with Crippen molar-refractivity contribution in [2.75, 3.05) is 14.2 Å². The minimum atomic E-state index is -0.349. The zero-order valence-electron chi connectivity index (χ0n) is 17.4. The second-order valence-corrected chi connectivity index (χ2v) is 6.75. The fourth-order valence-electron chi connectivity index (χ4n) is 3.25. The highest BCUT2D eigenvalue weighted by Gasteiger charge is 2.16. The third kappa shape index (κ3) is 4.11. The van der Waals surface area contributed by atoms with Crippen molar-refractivity contribution >= 4 is 22.5 Å². The van der Waals surface area contributed by atoms with E-state index in [-0.39, 0.29) is 5.91 Å². The average molecular weight is 415 g/mol. The van der Waals surface area contributed by atoms with Gasteiger partial charge < -0.3 is 13.9 Å². The molecule has 4 rings (SSSR count). The number of rotatable bonds is 6. The van der Waals surface area contributed by atoms with Gasteiger partial charge in [-0.2, -0.15) is 5.10 Å². The Morgan fingerprint density at radius 2 is 1.87 bits per heavy atom. The predicted octanol–water partition coefficient (Wildman–Crippen LogP) is 4.67. The fourth-order valence-corrected chi connectivity index (χ4v) is 3.25. The molecule has 0 atom stereocenters. The predicted molar refractivity (Wildman–Crippen MR) is 119 cm³/mol. The molecule has 0 aliphatic heterocycles. The largest absolute Gasteiger partial charge is 0.497 e. The SMILES string of the molecule is COc1ccc(-c2cc(C(=O)NN=C(C)c3ccco3)c3ccccc3n2)c(OC)c1. The summed E-state index contributed by atoms with van der Waals surface area (Å²) < 4.78 is 16.1. The molecule has 4 aromatic rings. The second-order valence-electron chi connectivity index (χ2n) is 6.75. The lowest BCUT2D eigenvalue weighted by Crippen LogP contribution is -2.20. The maximum Gasteiger partial charge on any atom is 0.272 e. The van der Waals surface area contributed by atoms with Gasteiger partial charge in [0.15, 0.2) is 0 Å². The van der Waals surface area contributed by atoms with Crippen LogP contribution in [-0.2, 0) is 0 Å². The van der Waals surface area contributed by atoms with Gasteiger partial charge in [-0.1, -0.05) is 18.2 Å². The van der Waals surface area contributed by atoms with Crippen molar-refractivity contribution in [2.45, 2.75) is 6.92 Å². The molecule has 2 heterocycles. The average Bonchev–Trinajstić information content (AvgIpc) is 3.36. The highest BCUT2D eigenvalue weighted by Crippen LogP contribution is 2.34. The Labute approximate surface area is 179 Å². The normalized spacial score (nSPS) is 11.4. The van der Waals surface area contributed by atoms with E-state index in [9.17, 15) is 4.79 Å². The molecule has 0 fully saturated rings. The lowest BCUT2D eigenvalue weighted by Gasteiger charge is -2.13. The summed E-state index contributed by atoms with van der Waals surface area (Å²) in [6.45, 7) is 1.76. The Kier molecular flexibility index (Phi) is 5.66. The fraction of sp³-hybridized carbons (Fsp3) is 0.125. The molecule has 0 aliphatic rings. The number of amides is 1. The first-order chi connectivity index (χ1) is 15.1. The Morgan fingerprint density at radius 3 is 2.61 bits per heavy atom. The summed E-state index contributed by atoms with van der Waals surface area (Å²) in [6, 6.07) is 18.2. The molecule has 0 saturated heterocycles. The van der Waals surface area contributed by atoms with Crippen LogP contribution in [0.25, 0.3) is 22.2 Å². The number of benzene rings is 2.